The first-order valence-corrected chi connectivity index (χ1v) is 8.69. The number of nitrogens with one attached hydrogen (secondary N) is 2. The molecule has 0 fully saturated rings. The van der Waals surface area contributed by atoms with Crippen molar-refractivity contribution in [3.63, 3.8) is 0 Å². The molecule has 0 unspecified atom stereocenters. The number of benzene rings is 2. The van der Waals surface area contributed by atoms with Crippen LogP contribution in [0.2, 0.25) is 0 Å². The van der Waals surface area contributed by atoms with Crippen molar-refractivity contribution < 1.29 is 19.1 Å². The van der Waals surface area contributed by atoms with Crippen LogP contribution in [-0.2, 0) is 4.79 Å². The van der Waals surface area contributed by atoms with Gasteiger partial charge in [-0.25, -0.2) is 0 Å². The molecular formula is C20H24N2O4. The van der Waals surface area contributed by atoms with Crippen LogP contribution in [0, 0.1) is 0 Å². The van der Waals surface area contributed by atoms with Crippen molar-refractivity contribution in [3.8, 4) is 11.5 Å². The van der Waals surface area contributed by atoms with E-state index in [1.54, 1.807) is 24.3 Å². The number of unbranched alkanes of at least 4 members (excludes halogenated alkanes) is 1. The highest BCUT2D eigenvalue weighted by molar-refractivity contribution is 5.97. The van der Waals surface area contributed by atoms with Crippen molar-refractivity contribution in [2.24, 2.45) is 0 Å². The average molecular weight is 356 g/mol. The standard InChI is InChI=1S/C20H24N2O4/c1-2-3-13-19(23)21-22-20(24)17-11-7-8-12-18(17)26-15-14-25-16-9-5-4-6-10-16/h4-12H,2-3,13-15H2,1H3,(H,21,23)(H,22,24). The van der Waals surface area contributed by atoms with E-state index in [1.807, 2.05) is 37.3 Å². The minimum atomic E-state index is -0.422. The number of hydrogen-bond donors (Lipinski definition) is 2. The monoisotopic (exact) mass is 356 g/mol. The van der Waals surface area contributed by atoms with E-state index in [9.17, 15) is 9.59 Å². The van der Waals surface area contributed by atoms with Gasteiger partial charge in [0.05, 0.1) is 5.56 Å². The SMILES string of the molecule is CCCCC(=O)NNC(=O)c1ccccc1OCCOc1ccccc1. The topological polar surface area (TPSA) is 76.7 Å². The molecule has 0 saturated heterocycles. The van der Waals surface area contributed by atoms with Gasteiger partial charge < -0.3 is 9.47 Å². The summed E-state index contributed by atoms with van der Waals surface area (Å²) < 4.78 is 11.2. The zero-order chi connectivity index (χ0) is 18.6. The minimum absolute atomic E-state index is 0.213. The number of carbonyl (C=O) groups is 2. The van der Waals surface area contributed by atoms with E-state index in [-0.39, 0.29) is 5.91 Å². The Hall–Kier alpha value is -3.02. The van der Waals surface area contributed by atoms with E-state index in [0.717, 1.165) is 18.6 Å². The zero-order valence-corrected chi connectivity index (χ0v) is 14.9. The Morgan fingerprint density at radius 3 is 2.35 bits per heavy atom. The molecule has 2 N–H and O–H groups in total. The number of rotatable bonds is 9. The summed E-state index contributed by atoms with van der Waals surface area (Å²) in [5.74, 6) is 0.561. The fraction of sp³-hybridized carbons (Fsp3) is 0.300. The van der Waals surface area contributed by atoms with E-state index in [1.165, 1.54) is 0 Å². The molecule has 2 rings (SSSR count). The lowest BCUT2D eigenvalue weighted by Gasteiger charge is -2.12. The molecule has 6 heteroatoms. The number of hydrazine groups is 1. The van der Waals surface area contributed by atoms with Crippen LogP contribution in [0.3, 0.4) is 0 Å². The lowest BCUT2D eigenvalue weighted by atomic mass is 10.2. The predicted molar refractivity (Wildman–Crippen MR) is 99.0 cm³/mol. The second kappa shape index (κ2) is 10.8. The molecule has 0 aromatic heterocycles. The lowest BCUT2D eigenvalue weighted by molar-refractivity contribution is -0.121. The maximum Gasteiger partial charge on any atom is 0.273 e. The van der Waals surface area contributed by atoms with Crippen molar-refractivity contribution in [2.75, 3.05) is 13.2 Å². The summed E-state index contributed by atoms with van der Waals surface area (Å²) in [6.45, 7) is 2.65. The molecule has 0 atom stereocenters. The highest BCUT2D eigenvalue weighted by Crippen LogP contribution is 2.17. The molecule has 0 spiro atoms. The molecule has 2 aromatic rings. The Labute approximate surface area is 153 Å². The first kappa shape index (κ1) is 19.3. The van der Waals surface area contributed by atoms with Crippen molar-refractivity contribution in [2.45, 2.75) is 26.2 Å². The fourth-order valence-electron chi connectivity index (χ4n) is 2.20. The van der Waals surface area contributed by atoms with Gasteiger partial charge in [-0.2, -0.15) is 0 Å². The molecule has 0 aliphatic carbocycles. The normalized spacial score (nSPS) is 10.0. The predicted octanol–water partition coefficient (Wildman–Crippen LogP) is 3.10. The van der Waals surface area contributed by atoms with Gasteiger partial charge in [0.25, 0.3) is 5.91 Å². The maximum absolute atomic E-state index is 12.3. The molecule has 6 nitrogen and oxygen atoms in total. The molecule has 0 radical (unpaired) electrons. The van der Waals surface area contributed by atoms with Gasteiger partial charge in [-0.15, -0.1) is 0 Å². The quantitative estimate of drug-likeness (QED) is 0.535. The average Bonchev–Trinajstić information content (AvgIpc) is 2.69. The van der Waals surface area contributed by atoms with Gasteiger partial charge in [-0.3, -0.25) is 20.4 Å². The Morgan fingerprint density at radius 1 is 0.885 bits per heavy atom. The molecule has 26 heavy (non-hydrogen) atoms. The van der Waals surface area contributed by atoms with E-state index < -0.39 is 5.91 Å². The summed E-state index contributed by atoms with van der Waals surface area (Å²) in [4.78, 5) is 23.9. The Bertz CT molecular complexity index is 704. The summed E-state index contributed by atoms with van der Waals surface area (Å²) in [6, 6.07) is 16.3. The van der Waals surface area contributed by atoms with Crippen LogP contribution in [0.1, 0.15) is 36.5 Å². The number of ether oxygens (including phenoxy) is 2. The van der Waals surface area contributed by atoms with E-state index in [4.69, 9.17) is 9.47 Å². The minimum Gasteiger partial charge on any atom is -0.490 e. The highest BCUT2D eigenvalue weighted by Gasteiger charge is 2.12. The van der Waals surface area contributed by atoms with Gasteiger partial charge in [-0.05, 0) is 30.7 Å². The largest absolute Gasteiger partial charge is 0.490 e. The van der Waals surface area contributed by atoms with Crippen LogP contribution in [0.25, 0.3) is 0 Å². The third kappa shape index (κ3) is 6.47. The van der Waals surface area contributed by atoms with Crippen LogP contribution in [0.15, 0.2) is 54.6 Å². The van der Waals surface area contributed by atoms with Crippen LogP contribution in [0.5, 0.6) is 11.5 Å². The number of para-hydroxylation sites is 2. The van der Waals surface area contributed by atoms with Crippen molar-refractivity contribution in [1.82, 2.24) is 10.9 Å². The number of carbonyl (C=O) groups excluding carboxylic acids is 2. The summed E-state index contributed by atoms with van der Waals surface area (Å²) in [6.07, 6.45) is 2.08. The molecule has 2 amide bonds. The van der Waals surface area contributed by atoms with Gasteiger partial charge in [0.15, 0.2) is 0 Å². The first-order chi connectivity index (χ1) is 12.7. The first-order valence-electron chi connectivity index (χ1n) is 8.69. The van der Waals surface area contributed by atoms with Crippen LogP contribution >= 0.6 is 0 Å². The molecular weight excluding hydrogens is 332 g/mol. The van der Waals surface area contributed by atoms with Gasteiger partial charge in [0.2, 0.25) is 5.91 Å². The second-order valence-corrected chi connectivity index (χ2v) is 5.61. The van der Waals surface area contributed by atoms with Gasteiger partial charge in [0, 0.05) is 6.42 Å². The molecule has 0 bridgehead atoms. The molecule has 0 aliphatic heterocycles. The fourth-order valence-corrected chi connectivity index (χ4v) is 2.20. The zero-order valence-electron chi connectivity index (χ0n) is 14.9. The van der Waals surface area contributed by atoms with Gasteiger partial charge in [-0.1, -0.05) is 43.7 Å². The van der Waals surface area contributed by atoms with Gasteiger partial charge in [0.1, 0.15) is 24.7 Å². The van der Waals surface area contributed by atoms with Crippen LogP contribution in [0.4, 0.5) is 0 Å². The molecule has 0 heterocycles. The van der Waals surface area contributed by atoms with Crippen LogP contribution in [-0.4, -0.2) is 25.0 Å². The second-order valence-electron chi connectivity index (χ2n) is 5.61. The third-order valence-corrected chi connectivity index (χ3v) is 3.56. The van der Waals surface area contributed by atoms with E-state index >= 15 is 0 Å². The molecule has 0 saturated carbocycles. The smallest absolute Gasteiger partial charge is 0.273 e. The summed E-state index contributed by atoms with van der Waals surface area (Å²) >= 11 is 0. The van der Waals surface area contributed by atoms with Crippen molar-refractivity contribution in [1.29, 1.82) is 0 Å². The van der Waals surface area contributed by atoms with Crippen LogP contribution < -0.4 is 20.3 Å². The maximum atomic E-state index is 12.3. The molecule has 2 aromatic carbocycles. The molecule has 138 valence electrons. The van der Waals surface area contributed by atoms with Crippen molar-refractivity contribution >= 4 is 11.8 Å². The third-order valence-electron chi connectivity index (χ3n) is 3.56. The lowest BCUT2D eigenvalue weighted by Crippen LogP contribution is -2.41. The molecule has 0 aliphatic rings. The summed E-state index contributed by atoms with van der Waals surface area (Å²) in [5, 5.41) is 0. The Balaban J connectivity index is 1.82. The Morgan fingerprint density at radius 2 is 1.58 bits per heavy atom. The van der Waals surface area contributed by atoms with E-state index in [0.29, 0.717) is 30.9 Å². The van der Waals surface area contributed by atoms with Gasteiger partial charge >= 0.3 is 0 Å². The number of hydrogen-bond acceptors (Lipinski definition) is 4. The number of amides is 2. The summed E-state index contributed by atoms with van der Waals surface area (Å²) in [7, 11) is 0. The van der Waals surface area contributed by atoms with Crippen molar-refractivity contribution in [3.05, 3.63) is 60.2 Å². The Kier molecular flexibility index (Phi) is 7.99. The highest BCUT2D eigenvalue weighted by atomic mass is 16.5. The van der Waals surface area contributed by atoms with E-state index in [2.05, 4.69) is 10.9 Å². The summed E-state index contributed by atoms with van der Waals surface area (Å²) in [5.41, 5.74) is 5.18.